The van der Waals surface area contributed by atoms with Gasteiger partial charge in [-0.15, -0.1) is 0 Å². The Hall–Kier alpha value is -7.42. The third kappa shape index (κ3) is 5.09. The van der Waals surface area contributed by atoms with Gasteiger partial charge in [0.2, 0.25) is 0 Å². The van der Waals surface area contributed by atoms with Crippen molar-refractivity contribution in [2.45, 2.75) is 24.7 Å². The SMILES string of the molecule is C(=Cc1ccc2cc(N3c4ccccc4Cc4ccccc43)ccc2c1)c1ccc2c(c1)C1(c3ccccc3-c3ccccc31)c1cc(N3CCCc4ccccc43)ccc1-2. The van der Waals surface area contributed by atoms with Crippen LogP contribution in [0.5, 0.6) is 0 Å². The van der Waals surface area contributed by atoms with Crippen LogP contribution in [0, 0.1) is 0 Å². The number of para-hydroxylation sites is 3. The highest BCUT2D eigenvalue weighted by molar-refractivity contribution is 5.97. The van der Waals surface area contributed by atoms with Gasteiger partial charge in [-0.05, 0) is 151 Å². The van der Waals surface area contributed by atoms with E-state index in [4.69, 9.17) is 0 Å². The molecule has 288 valence electrons. The maximum Gasteiger partial charge on any atom is 0.0726 e. The van der Waals surface area contributed by atoms with Crippen molar-refractivity contribution >= 4 is 51.4 Å². The first-order chi connectivity index (χ1) is 30.2. The summed E-state index contributed by atoms with van der Waals surface area (Å²) in [6.07, 6.45) is 7.83. The van der Waals surface area contributed by atoms with Crippen LogP contribution in [0.25, 0.3) is 45.2 Å². The number of hydrogen-bond donors (Lipinski definition) is 0. The van der Waals surface area contributed by atoms with E-state index >= 15 is 0 Å². The summed E-state index contributed by atoms with van der Waals surface area (Å²) in [6.45, 7) is 1.02. The molecule has 13 rings (SSSR count). The van der Waals surface area contributed by atoms with Crippen LogP contribution in [0.15, 0.2) is 194 Å². The van der Waals surface area contributed by atoms with Gasteiger partial charge >= 0.3 is 0 Å². The molecule has 0 bridgehead atoms. The van der Waals surface area contributed by atoms with Crippen LogP contribution in [0.3, 0.4) is 0 Å². The Balaban J connectivity index is 0.896. The third-order valence-electron chi connectivity index (χ3n) is 13.9. The highest BCUT2D eigenvalue weighted by Gasteiger charge is 2.51. The number of aryl methyl sites for hydroxylation is 1. The molecule has 0 saturated heterocycles. The summed E-state index contributed by atoms with van der Waals surface area (Å²) in [6, 6.07) is 73.0. The maximum absolute atomic E-state index is 2.55. The summed E-state index contributed by atoms with van der Waals surface area (Å²) in [5.74, 6) is 0. The van der Waals surface area contributed by atoms with Crippen molar-refractivity contribution in [3.63, 3.8) is 0 Å². The molecule has 0 fully saturated rings. The van der Waals surface area contributed by atoms with Gasteiger partial charge in [0, 0.05) is 41.4 Å². The van der Waals surface area contributed by atoms with Crippen molar-refractivity contribution < 1.29 is 0 Å². The van der Waals surface area contributed by atoms with Gasteiger partial charge in [0.1, 0.15) is 0 Å². The average Bonchev–Trinajstić information content (AvgIpc) is 3.79. The van der Waals surface area contributed by atoms with E-state index < -0.39 is 5.41 Å². The Kier molecular flexibility index (Phi) is 7.51. The standard InChI is InChI=1S/C59H42N2/c1-8-20-56-41(12-1)15-11-33-60(56)46-30-32-51-50-31-26-40(35-54(50)59(55(51)38-46)52-18-6-4-16-48(52)49-17-5-7-19-53(49)59)24-23-39-25-27-43-37-47(29-28-42(43)34-39)61-57-21-9-2-13-44(57)36-45-14-3-10-22-58(45)61/h1-10,12-14,16-32,34-35,37-38H,11,15,33,36H2. The second-order valence-corrected chi connectivity index (χ2v) is 17.2. The molecular formula is C59H42N2. The van der Waals surface area contributed by atoms with Crippen molar-refractivity contribution in [2.75, 3.05) is 16.3 Å². The normalized spacial score (nSPS) is 15.0. The first-order valence-electron chi connectivity index (χ1n) is 21.7. The number of fused-ring (bicyclic) bond motifs is 14. The van der Waals surface area contributed by atoms with Crippen LogP contribution >= 0.6 is 0 Å². The lowest BCUT2D eigenvalue weighted by molar-refractivity contribution is 0.762. The van der Waals surface area contributed by atoms with Crippen molar-refractivity contribution in [3.8, 4) is 22.3 Å². The van der Waals surface area contributed by atoms with E-state index in [1.807, 2.05) is 0 Å². The molecule has 4 aliphatic rings. The van der Waals surface area contributed by atoms with Gasteiger partial charge in [-0.3, -0.25) is 0 Å². The van der Waals surface area contributed by atoms with Crippen LogP contribution < -0.4 is 9.80 Å². The average molecular weight is 779 g/mol. The summed E-state index contributed by atoms with van der Waals surface area (Å²) < 4.78 is 0. The second kappa shape index (κ2) is 13.3. The third-order valence-corrected chi connectivity index (χ3v) is 13.9. The molecule has 9 aromatic carbocycles. The first-order valence-corrected chi connectivity index (χ1v) is 21.7. The molecule has 61 heavy (non-hydrogen) atoms. The number of rotatable bonds is 4. The predicted molar refractivity (Wildman–Crippen MR) is 255 cm³/mol. The summed E-state index contributed by atoms with van der Waals surface area (Å²) in [4.78, 5) is 4.97. The molecule has 2 aliphatic heterocycles. The van der Waals surface area contributed by atoms with E-state index in [1.54, 1.807) is 0 Å². The van der Waals surface area contributed by atoms with Gasteiger partial charge in [0.15, 0.2) is 0 Å². The summed E-state index contributed by atoms with van der Waals surface area (Å²) in [5.41, 5.74) is 23.3. The molecular weight excluding hydrogens is 737 g/mol. The van der Waals surface area contributed by atoms with Crippen LogP contribution in [-0.2, 0) is 18.3 Å². The second-order valence-electron chi connectivity index (χ2n) is 17.2. The first kappa shape index (κ1) is 34.4. The highest BCUT2D eigenvalue weighted by Crippen LogP contribution is 2.63. The number of anilines is 5. The van der Waals surface area contributed by atoms with Crippen LogP contribution in [0.1, 0.15) is 56.5 Å². The fourth-order valence-electron chi connectivity index (χ4n) is 11.3. The van der Waals surface area contributed by atoms with Gasteiger partial charge in [-0.25, -0.2) is 0 Å². The Morgan fingerprint density at radius 1 is 0.393 bits per heavy atom. The fraction of sp³-hybridized carbons (Fsp3) is 0.0847. The van der Waals surface area contributed by atoms with E-state index in [0.29, 0.717) is 0 Å². The topological polar surface area (TPSA) is 6.48 Å². The minimum absolute atomic E-state index is 0.414. The minimum atomic E-state index is -0.414. The fourth-order valence-corrected chi connectivity index (χ4v) is 11.3. The van der Waals surface area contributed by atoms with Gasteiger partial charge in [-0.2, -0.15) is 0 Å². The zero-order valence-electron chi connectivity index (χ0n) is 33.9. The molecule has 2 nitrogen and oxygen atoms in total. The number of nitrogens with zero attached hydrogens (tertiary/aromatic N) is 2. The zero-order valence-corrected chi connectivity index (χ0v) is 33.9. The summed E-state index contributed by atoms with van der Waals surface area (Å²) in [7, 11) is 0. The Morgan fingerprint density at radius 3 is 1.66 bits per heavy atom. The smallest absolute Gasteiger partial charge is 0.0726 e. The molecule has 2 heterocycles. The lowest BCUT2D eigenvalue weighted by atomic mass is 9.70. The Labute approximate surface area is 357 Å². The maximum atomic E-state index is 2.55. The molecule has 0 N–H and O–H groups in total. The Morgan fingerprint density at radius 2 is 0.918 bits per heavy atom. The molecule has 0 amide bonds. The molecule has 0 aromatic heterocycles. The molecule has 1 spiro atoms. The minimum Gasteiger partial charge on any atom is -0.341 e. The van der Waals surface area contributed by atoms with Gasteiger partial charge in [-0.1, -0.05) is 152 Å². The van der Waals surface area contributed by atoms with Gasteiger partial charge in [0.05, 0.1) is 5.41 Å². The van der Waals surface area contributed by atoms with Crippen molar-refractivity contribution in [2.24, 2.45) is 0 Å². The zero-order chi connectivity index (χ0) is 40.1. The van der Waals surface area contributed by atoms with E-state index in [2.05, 4.69) is 216 Å². The van der Waals surface area contributed by atoms with Gasteiger partial charge < -0.3 is 9.80 Å². The Bertz CT molecular complexity index is 3200. The molecule has 9 aromatic rings. The van der Waals surface area contributed by atoms with Gasteiger partial charge in [0.25, 0.3) is 0 Å². The number of hydrogen-bond acceptors (Lipinski definition) is 2. The number of benzene rings is 9. The lowest BCUT2D eigenvalue weighted by Gasteiger charge is -2.34. The van der Waals surface area contributed by atoms with E-state index in [-0.39, 0.29) is 0 Å². The summed E-state index contributed by atoms with van der Waals surface area (Å²) >= 11 is 0. The largest absolute Gasteiger partial charge is 0.341 e. The lowest BCUT2D eigenvalue weighted by Crippen LogP contribution is -2.27. The molecule has 2 heteroatoms. The van der Waals surface area contributed by atoms with Crippen LogP contribution in [0.4, 0.5) is 28.4 Å². The van der Waals surface area contributed by atoms with Crippen molar-refractivity contribution in [3.05, 3.63) is 244 Å². The summed E-state index contributed by atoms with van der Waals surface area (Å²) in [5, 5.41) is 2.47. The van der Waals surface area contributed by atoms with Crippen molar-refractivity contribution in [1.29, 1.82) is 0 Å². The van der Waals surface area contributed by atoms with E-state index in [0.717, 1.165) is 25.8 Å². The van der Waals surface area contributed by atoms with E-state index in [9.17, 15) is 0 Å². The highest BCUT2D eigenvalue weighted by atomic mass is 15.2. The predicted octanol–water partition coefficient (Wildman–Crippen LogP) is 14.8. The molecule has 0 atom stereocenters. The van der Waals surface area contributed by atoms with Crippen molar-refractivity contribution in [1.82, 2.24) is 0 Å². The monoisotopic (exact) mass is 778 g/mol. The molecule has 2 aliphatic carbocycles. The van der Waals surface area contributed by atoms with Crippen LogP contribution in [0.2, 0.25) is 0 Å². The molecule has 0 saturated carbocycles. The quantitative estimate of drug-likeness (QED) is 0.164. The molecule has 0 unspecified atom stereocenters. The van der Waals surface area contributed by atoms with Crippen LogP contribution in [-0.4, -0.2) is 6.54 Å². The molecule has 0 radical (unpaired) electrons. The van der Waals surface area contributed by atoms with E-state index in [1.165, 1.54) is 112 Å².